The van der Waals surface area contributed by atoms with Gasteiger partial charge in [-0.1, -0.05) is 291 Å². The van der Waals surface area contributed by atoms with Gasteiger partial charge in [0.05, 0.1) is 0 Å². The highest BCUT2D eigenvalue weighted by molar-refractivity contribution is 7.17. The molecular formula is C78H86S. The molecule has 0 nitrogen and oxygen atoms in total. The smallest absolute Gasteiger partial charge is 0.0355 e. The van der Waals surface area contributed by atoms with Crippen LogP contribution in [0, 0.1) is 33.6 Å². The Labute approximate surface area is 481 Å². The average molecular weight is 1060 g/mol. The van der Waals surface area contributed by atoms with Crippen molar-refractivity contribution in [2.45, 2.75) is 101 Å². The molecular weight excluding hydrogens is 969 g/mol. The van der Waals surface area contributed by atoms with E-state index in [4.69, 9.17) is 0 Å². The summed E-state index contributed by atoms with van der Waals surface area (Å²) in [6.45, 7) is 45.8. The number of benzene rings is 7. The fourth-order valence-corrected chi connectivity index (χ4v) is 11.1. The second kappa shape index (κ2) is 30.3. The normalized spacial score (nSPS) is 12.6. The van der Waals surface area contributed by atoms with Crippen molar-refractivity contribution in [3.8, 4) is 33.4 Å². The lowest BCUT2D eigenvalue weighted by Gasteiger charge is -2.23. The molecule has 0 aliphatic heterocycles. The standard InChI is InChI=1S/C21H22.C19H16.C14H14S.C14H16.C10H18/c1-7-15-14(4)12-19-20(16(15)8-2)17-10-9-13(3)11-18(17)21(19,5)6;1-15-12-13-18(16-8-4-2-5-9-16)14-19(15)17-10-6-3-7-11-17;1-4-11(5-2)14-10(3)15-13-9-7-6-8-12(13)14;1-4-6-7-13(5-2)14-10-8-12(3)9-11-14;1-5-7-8-10(6-2)9(3)4/h7-12H,1-2H2,3-6H3;2-14H,1H3;4,6-9H,1,3,5H2,2H3;4-11H,1H2,2-3H3;6-9H,5H2,1-4H3/b;;14-11-;7-6-,13-5+;8-7-,10-6+. The van der Waals surface area contributed by atoms with Crippen molar-refractivity contribution in [2.24, 2.45) is 5.92 Å². The molecule has 1 aliphatic carbocycles. The van der Waals surface area contributed by atoms with Gasteiger partial charge in [-0.3, -0.25) is 0 Å². The first-order valence-electron chi connectivity index (χ1n) is 28.0. The van der Waals surface area contributed by atoms with Gasteiger partial charge in [-0.2, -0.15) is 0 Å². The van der Waals surface area contributed by atoms with E-state index in [0.29, 0.717) is 5.92 Å². The lowest BCUT2D eigenvalue weighted by atomic mass is 9.80. The lowest BCUT2D eigenvalue weighted by Crippen LogP contribution is -2.19. The summed E-state index contributed by atoms with van der Waals surface area (Å²) < 4.78 is 2.46. The lowest BCUT2D eigenvalue weighted by molar-refractivity contribution is 0.659. The molecule has 0 spiro atoms. The Morgan fingerprint density at radius 1 is 0.595 bits per heavy atom. The number of fused-ring (bicyclic) bond motifs is 4. The minimum atomic E-state index is 0.0406. The van der Waals surface area contributed by atoms with Crippen molar-refractivity contribution >= 4 is 51.3 Å². The van der Waals surface area contributed by atoms with Crippen molar-refractivity contribution in [3.63, 3.8) is 0 Å². The monoisotopic (exact) mass is 1050 g/mol. The summed E-state index contributed by atoms with van der Waals surface area (Å²) in [7, 11) is 0. The number of hydrogen-bond acceptors (Lipinski definition) is 1. The Morgan fingerprint density at radius 2 is 1.22 bits per heavy atom. The largest absolute Gasteiger partial charge is 0.136 e. The van der Waals surface area contributed by atoms with Gasteiger partial charge in [0.2, 0.25) is 0 Å². The van der Waals surface area contributed by atoms with Gasteiger partial charge >= 0.3 is 0 Å². The molecule has 0 bridgehead atoms. The van der Waals surface area contributed by atoms with E-state index in [1.165, 1.54) is 115 Å². The maximum Gasteiger partial charge on any atom is 0.0355 e. The molecule has 0 radical (unpaired) electrons. The van der Waals surface area contributed by atoms with Gasteiger partial charge in [0, 0.05) is 25.3 Å². The quantitative estimate of drug-likeness (QED) is 0.107. The van der Waals surface area contributed by atoms with Crippen LogP contribution in [0.25, 0.3) is 73.3 Å². The molecule has 1 aliphatic rings. The molecule has 9 rings (SSSR count). The molecule has 0 saturated heterocycles. The van der Waals surface area contributed by atoms with Crippen LogP contribution in [0.1, 0.15) is 118 Å². The van der Waals surface area contributed by atoms with Gasteiger partial charge in [-0.05, 0) is 156 Å². The third-order valence-corrected chi connectivity index (χ3v) is 15.5. The van der Waals surface area contributed by atoms with Crippen LogP contribution in [0.15, 0.2) is 232 Å². The van der Waals surface area contributed by atoms with Crippen LogP contribution < -0.4 is 9.75 Å². The third-order valence-electron chi connectivity index (χ3n) is 14.5. The Kier molecular flexibility index (Phi) is 23.8. The summed E-state index contributed by atoms with van der Waals surface area (Å²) in [6.07, 6.45) is 22.5. The van der Waals surface area contributed by atoms with Crippen LogP contribution in [0.2, 0.25) is 0 Å². The molecule has 0 fully saturated rings. The molecule has 0 amide bonds. The topological polar surface area (TPSA) is 0 Å². The molecule has 1 heterocycles. The van der Waals surface area contributed by atoms with E-state index in [1.807, 2.05) is 31.2 Å². The molecule has 0 saturated carbocycles. The first-order chi connectivity index (χ1) is 38.0. The van der Waals surface area contributed by atoms with Gasteiger partial charge in [-0.25, -0.2) is 0 Å². The van der Waals surface area contributed by atoms with Crippen molar-refractivity contribution in [1.82, 2.24) is 0 Å². The van der Waals surface area contributed by atoms with Crippen molar-refractivity contribution in [2.75, 3.05) is 0 Å². The Balaban J connectivity index is 0.000000186. The summed E-state index contributed by atoms with van der Waals surface area (Å²) in [5.41, 5.74) is 23.5. The zero-order chi connectivity index (χ0) is 57.6. The van der Waals surface area contributed by atoms with E-state index in [1.54, 1.807) is 17.4 Å². The van der Waals surface area contributed by atoms with Crippen LogP contribution in [0.5, 0.6) is 0 Å². The molecule has 7 aromatic carbocycles. The summed E-state index contributed by atoms with van der Waals surface area (Å²) in [4.78, 5) is 0. The highest BCUT2D eigenvalue weighted by Gasteiger charge is 2.37. The van der Waals surface area contributed by atoms with Crippen LogP contribution in [0.3, 0.4) is 0 Å². The third kappa shape index (κ3) is 15.9. The second-order valence-corrected chi connectivity index (χ2v) is 21.9. The molecule has 0 atom stereocenters. The highest BCUT2D eigenvalue weighted by atomic mass is 32.1. The van der Waals surface area contributed by atoms with E-state index >= 15 is 0 Å². The Hall–Kier alpha value is -7.84. The van der Waals surface area contributed by atoms with E-state index in [9.17, 15) is 0 Å². The first kappa shape index (κ1) is 62.0. The number of allylic oxidation sites excluding steroid dienone is 10. The summed E-state index contributed by atoms with van der Waals surface area (Å²) in [6, 6.07) is 53.8. The van der Waals surface area contributed by atoms with E-state index in [0.717, 1.165) is 17.4 Å². The van der Waals surface area contributed by atoms with Gasteiger partial charge in [0.15, 0.2) is 0 Å². The molecule has 404 valence electrons. The van der Waals surface area contributed by atoms with Crippen LogP contribution in [-0.2, 0) is 5.41 Å². The number of rotatable bonds is 12. The number of aryl methyl sites for hydroxylation is 4. The van der Waals surface area contributed by atoms with Crippen molar-refractivity contribution < 1.29 is 0 Å². The van der Waals surface area contributed by atoms with E-state index < -0.39 is 0 Å². The molecule has 79 heavy (non-hydrogen) atoms. The SMILES string of the molecule is C/C=C(\C=C/CC)C(C)C.C=C/C(CC)=c1\c(=C)sc2ccccc12.C=C/C=C\C(=C/C)c1ccc(C)cc1.C=Cc1c(C)cc2c(c1C=C)-c1ccc(C)cc1C2(C)C.Cc1ccc(-c2ccccc2)cc1-c1ccccc1. The van der Waals surface area contributed by atoms with E-state index in [-0.39, 0.29) is 5.41 Å². The Morgan fingerprint density at radius 3 is 1.78 bits per heavy atom. The molecule has 8 aromatic rings. The molecule has 1 aromatic heterocycles. The molecule has 0 unspecified atom stereocenters. The summed E-state index contributed by atoms with van der Waals surface area (Å²) in [5.74, 6) is 0.660. The fraction of sp³-hybridized carbons (Fsp3) is 0.205. The first-order valence-corrected chi connectivity index (χ1v) is 28.8. The number of thiophene rings is 1. The van der Waals surface area contributed by atoms with Crippen molar-refractivity contribution in [1.29, 1.82) is 0 Å². The maximum absolute atomic E-state index is 4.12. The maximum atomic E-state index is 4.12. The average Bonchev–Trinajstić information content (AvgIpc) is 4.07. The minimum absolute atomic E-state index is 0.0406. The van der Waals surface area contributed by atoms with Gasteiger partial charge < -0.3 is 0 Å². The molecule has 1 heteroatoms. The Bertz CT molecular complexity index is 3580. The predicted octanol–water partition coefficient (Wildman–Crippen LogP) is 22.0. The molecule has 0 N–H and O–H groups in total. The van der Waals surface area contributed by atoms with E-state index in [2.05, 4.69) is 291 Å². The van der Waals surface area contributed by atoms with Crippen LogP contribution >= 0.6 is 11.3 Å². The zero-order valence-corrected chi connectivity index (χ0v) is 50.5. The van der Waals surface area contributed by atoms with Gasteiger partial charge in [0.1, 0.15) is 0 Å². The number of hydrogen-bond donors (Lipinski definition) is 0. The highest BCUT2D eigenvalue weighted by Crippen LogP contribution is 2.52. The second-order valence-electron chi connectivity index (χ2n) is 20.7. The van der Waals surface area contributed by atoms with Crippen LogP contribution in [0.4, 0.5) is 0 Å². The zero-order valence-electron chi connectivity index (χ0n) is 49.6. The summed E-state index contributed by atoms with van der Waals surface area (Å²) in [5, 5.41) is 2.59. The van der Waals surface area contributed by atoms with Crippen LogP contribution in [-0.4, -0.2) is 0 Å². The van der Waals surface area contributed by atoms with Gasteiger partial charge in [-0.15, -0.1) is 11.3 Å². The van der Waals surface area contributed by atoms with Gasteiger partial charge in [0.25, 0.3) is 0 Å². The fourth-order valence-electron chi connectivity index (χ4n) is 10.0. The minimum Gasteiger partial charge on any atom is -0.136 e. The van der Waals surface area contributed by atoms with Crippen molar-refractivity contribution in [3.05, 3.63) is 292 Å². The summed E-state index contributed by atoms with van der Waals surface area (Å²) >= 11 is 1.76. The predicted molar refractivity (Wildman–Crippen MR) is 358 cm³/mol.